The first kappa shape index (κ1) is 14.4. The molecular weight excluding hydrogens is 269 g/mol. The Morgan fingerprint density at radius 1 is 1.47 bits per heavy atom. The SMILES string of the molecule is CCS(=O)(=O)[C@@H]1[C@@H](c2cccc(F)c2)[C@]1(N)COC. The Balaban J connectivity index is 2.39. The molecule has 4 nitrogen and oxygen atoms in total. The third kappa shape index (κ3) is 2.40. The fraction of sp³-hybridized carbons (Fsp3) is 0.538. The van der Waals surface area contributed by atoms with Crippen LogP contribution in [0.15, 0.2) is 24.3 Å². The summed E-state index contributed by atoms with van der Waals surface area (Å²) in [6.07, 6.45) is 0. The monoisotopic (exact) mass is 287 g/mol. The molecule has 1 aromatic rings. The van der Waals surface area contributed by atoms with E-state index >= 15 is 0 Å². The van der Waals surface area contributed by atoms with Crippen molar-refractivity contribution >= 4 is 9.84 Å². The fourth-order valence-electron chi connectivity index (χ4n) is 2.75. The zero-order valence-electron chi connectivity index (χ0n) is 11.0. The zero-order valence-corrected chi connectivity index (χ0v) is 11.8. The topological polar surface area (TPSA) is 69.4 Å². The summed E-state index contributed by atoms with van der Waals surface area (Å²) in [5, 5.41) is -0.702. The average molecular weight is 287 g/mol. The Hall–Kier alpha value is -0.980. The largest absolute Gasteiger partial charge is 0.383 e. The second kappa shape index (κ2) is 4.85. The second-order valence-electron chi connectivity index (χ2n) is 4.95. The minimum absolute atomic E-state index is 0.0200. The smallest absolute Gasteiger partial charge is 0.155 e. The molecule has 0 bridgehead atoms. The van der Waals surface area contributed by atoms with Crippen molar-refractivity contribution in [2.24, 2.45) is 5.73 Å². The molecule has 0 aliphatic heterocycles. The van der Waals surface area contributed by atoms with Gasteiger partial charge in [0, 0.05) is 18.8 Å². The summed E-state index contributed by atoms with van der Waals surface area (Å²) >= 11 is 0. The number of hydrogen-bond donors (Lipinski definition) is 1. The lowest BCUT2D eigenvalue weighted by atomic mass is 10.1. The van der Waals surface area contributed by atoms with Crippen LogP contribution in [-0.4, -0.2) is 38.7 Å². The molecule has 1 saturated carbocycles. The van der Waals surface area contributed by atoms with E-state index in [2.05, 4.69) is 0 Å². The van der Waals surface area contributed by atoms with Gasteiger partial charge in [-0.2, -0.15) is 0 Å². The molecule has 19 heavy (non-hydrogen) atoms. The highest BCUT2D eigenvalue weighted by Gasteiger charge is 2.68. The Morgan fingerprint density at radius 3 is 2.68 bits per heavy atom. The molecule has 0 unspecified atom stereocenters. The molecule has 0 saturated heterocycles. The first-order chi connectivity index (χ1) is 8.86. The van der Waals surface area contributed by atoms with Gasteiger partial charge in [-0.05, 0) is 17.7 Å². The van der Waals surface area contributed by atoms with Crippen LogP contribution < -0.4 is 5.73 Å². The Morgan fingerprint density at radius 2 is 2.16 bits per heavy atom. The van der Waals surface area contributed by atoms with Crippen LogP contribution in [-0.2, 0) is 14.6 Å². The van der Waals surface area contributed by atoms with Crippen LogP contribution in [0.1, 0.15) is 18.4 Å². The lowest BCUT2D eigenvalue weighted by molar-refractivity contribution is 0.171. The van der Waals surface area contributed by atoms with E-state index in [0.717, 1.165) is 0 Å². The number of ether oxygens (including phenoxy) is 1. The van der Waals surface area contributed by atoms with Gasteiger partial charge < -0.3 is 10.5 Å². The van der Waals surface area contributed by atoms with Gasteiger partial charge in [-0.1, -0.05) is 19.1 Å². The van der Waals surface area contributed by atoms with Crippen LogP contribution in [0.4, 0.5) is 4.39 Å². The summed E-state index contributed by atoms with van der Waals surface area (Å²) in [5.41, 5.74) is 5.81. The molecular formula is C13H18FNO3S. The molecule has 2 N–H and O–H groups in total. The molecule has 0 aromatic heterocycles. The summed E-state index contributed by atoms with van der Waals surface area (Å²) in [7, 11) is -1.82. The number of benzene rings is 1. The number of sulfone groups is 1. The Bertz CT molecular complexity index is 575. The third-order valence-electron chi connectivity index (χ3n) is 3.69. The molecule has 1 fully saturated rings. The molecule has 0 spiro atoms. The minimum atomic E-state index is -3.29. The summed E-state index contributed by atoms with van der Waals surface area (Å²) in [4.78, 5) is 0. The highest BCUT2D eigenvalue weighted by Crippen LogP contribution is 2.54. The maximum Gasteiger partial charge on any atom is 0.155 e. The highest BCUT2D eigenvalue weighted by atomic mass is 32.2. The van der Waals surface area contributed by atoms with E-state index in [4.69, 9.17) is 10.5 Å². The number of methoxy groups -OCH3 is 1. The first-order valence-corrected chi connectivity index (χ1v) is 7.83. The van der Waals surface area contributed by atoms with Crippen molar-refractivity contribution in [1.29, 1.82) is 0 Å². The molecule has 6 heteroatoms. The van der Waals surface area contributed by atoms with E-state index < -0.39 is 32.4 Å². The standard InChI is InChI=1S/C13H18FNO3S/c1-3-19(16,17)12-11(13(12,15)8-18-2)9-5-4-6-10(14)7-9/h4-7,11-12H,3,8,15H2,1-2H3/t11-,12-,13-/m1/s1. The van der Waals surface area contributed by atoms with Crippen molar-refractivity contribution in [1.82, 2.24) is 0 Å². The minimum Gasteiger partial charge on any atom is -0.383 e. The van der Waals surface area contributed by atoms with Crippen LogP contribution in [0.3, 0.4) is 0 Å². The molecule has 1 aliphatic rings. The number of halogens is 1. The second-order valence-corrected chi connectivity index (χ2v) is 7.36. The number of nitrogens with two attached hydrogens (primary N) is 1. The summed E-state index contributed by atoms with van der Waals surface area (Å²) in [6, 6.07) is 5.93. The van der Waals surface area contributed by atoms with Crippen LogP contribution in [0.25, 0.3) is 0 Å². The molecule has 3 atom stereocenters. The van der Waals surface area contributed by atoms with E-state index in [0.29, 0.717) is 5.56 Å². The van der Waals surface area contributed by atoms with E-state index in [9.17, 15) is 12.8 Å². The zero-order chi connectivity index (χ0) is 14.3. The summed E-state index contributed by atoms with van der Waals surface area (Å²) in [6.45, 7) is 1.72. The number of hydrogen-bond acceptors (Lipinski definition) is 4. The molecule has 1 aromatic carbocycles. The summed E-state index contributed by atoms with van der Waals surface area (Å²) < 4.78 is 42.5. The maximum atomic E-state index is 13.3. The van der Waals surface area contributed by atoms with Gasteiger partial charge in [0.05, 0.1) is 17.4 Å². The van der Waals surface area contributed by atoms with Crippen molar-refractivity contribution in [2.45, 2.75) is 23.6 Å². The van der Waals surface area contributed by atoms with Crippen LogP contribution in [0.5, 0.6) is 0 Å². The predicted molar refractivity (Wildman–Crippen MR) is 71.2 cm³/mol. The van der Waals surface area contributed by atoms with Crippen molar-refractivity contribution in [2.75, 3.05) is 19.5 Å². The van der Waals surface area contributed by atoms with Crippen molar-refractivity contribution in [3.05, 3.63) is 35.6 Å². The lowest BCUT2D eigenvalue weighted by Crippen LogP contribution is -2.36. The van der Waals surface area contributed by atoms with Crippen LogP contribution in [0.2, 0.25) is 0 Å². The van der Waals surface area contributed by atoms with Crippen LogP contribution >= 0.6 is 0 Å². The first-order valence-electron chi connectivity index (χ1n) is 6.11. The molecule has 0 amide bonds. The molecule has 2 rings (SSSR count). The third-order valence-corrected chi connectivity index (χ3v) is 5.98. The van der Waals surface area contributed by atoms with Crippen molar-refractivity contribution < 1.29 is 17.5 Å². The summed E-state index contributed by atoms with van der Waals surface area (Å²) in [5.74, 6) is -0.781. The molecule has 1 aliphatic carbocycles. The quantitative estimate of drug-likeness (QED) is 0.879. The predicted octanol–water partition coefficient (Wildman–Crippen LogP) is 1.07. The van der Waals surface area contributed by atoms with Gasteiger partial charge in [0.2, 0.25) is 0 Å². The van der Waals surface area contributed by atoms with Gasteiger partial charge in [-0.15, -0.1) is 0 Å². The normalized spacial score (nSPS) is 30.3. The molecule has 0 radical (unpaired) electrons. The van der Waals surface area contributed by atoms with Gasteiger partial charge >= 0.3 is 0 Å². The van der Waals surface area contributed by atoms with E-state index in [1.54, 1.807) is 19.1 Å². The molecule has 0 heterocycles. The van der Waals surface area contributed by atoms with Crippen molar-refractivity contribution in [3.63, 3.8) is 0 Å². The van der Waals surface area contributed by atoms with Gasteiger partial charge in [-0.3, -0.25) is 0 Å². The van der Waals surface area contributed by atoms with Gasteiger partial charge in [-0.25, -0.2) is 12.8 Å². The van der Waals surface area contributed by atoms with E-state index in [1.807, 2.05) is 0 Å². The van der Waals surface area contributed by atoms with Crippen molar-refractivity contribution in [3.8, 4) is 0 Å². The highest BCUT2D eigenvalue weighted by molar-refractivity contribution is 7.92. The lowest BCUT2D eigenvalue weighted by Gasteiger charge is -2.10. The fourth-order valence-corrected chi connectivity index (χ4v) is 4.74. The van der Waals surface area contributed by atoms with Gasteiger partial charge in [0.25, 0.3) is 0 Å². The average Bonchev–Trinajstić information content (AvgIpc) is 2.96. The Labute approximate surface area is 112 Å². The van der Waals surface area contributed by atoms with E-state index in [-0.39, 0.29) is 12.4 Å². The Kier molecular flexibility index (Phi) is 3.68. The maximum absolute atomic E-state index is 13.3. The van der Waals surface area contributed by atoms with Gasteiger partial charge in [0.15, 0.2) is 9.84 Å². The number of rotatable bonds is 5. The molecule has 106 valence electrons. The van der Waals surface area contributed by atoms with Gasteiger partial charge in [0.1, 0.15) is 5.82 Å². The van der Waals surface area contributed by atoms with Crippen LogP contribution in [0, 0.1) is 5.82 Å². The van der Waals surface area contributed by atoms with E-state index in [1.165, 1.54) is 19.2 Å².